The van der Waals surface area contributed by atoms with Crippen molar-refractivity contribution in [3.05, 3.63) is 24.3 Å². The van der Waals surface area contributed by atoms with Gasteiger partial charge >= 0.3 is 5.97 Å². The number of hydrogen-bond acceptors (Lipinski definition) is 5. The molecule has 0 aromatic heterocycles. The van der Waals surface area contributed by atoms with Crippen LogP contribution in [0.4, 0.5) is 0 Å². The molecular weight excluding hydrogens is 320 g/mol. The van der Waals surface area contributed by atoms with E-state index in [0.717, 1.165) is 0 Å². The summed E-state index contributed by atoms with van der Waals surface area (Å²) in [5, 5.41) is 8.64. The number of sulfonamides is 1. The zero-order chi connectivity index (χ0) is 16.9. The highest BCUT2D eigenvalue weighted by Crippen LogP contribution is 2.20. The van der Waals surface area contributed by atoms with Crippen LogP contribution in [0, 0.1) is 0 Å². The van der Waals surface area contributed by atoms with Crippen LogP contribution >= 0.6 is 0 Å². The van der Waals surface area contributed by atoms with Crippen molar-refractivity contribution in [3.63, 3.8) is 0 Å². The van der Waals surface area contributed by atoms with Gasteiger partial charge in [0.05, 0.1) is 12.0 Å². The molecule has 1 aliphatic heterocycles. The molecule has 8 heteroatoms. The average Bonchev–Trinajstić information content (AvgIpc) is 2.55. The smallest absolute Gasteiger partial charge is 0.303 e. The predicted molar refractivity (Wildman–Crippen MR) is 85.1 cm³/mol. The highest BCUT2D eigenvalue weighted by Gasteiger charge is 2.28. The van der Waals surface area contributed by atoms with Gasteiger partial charge in [-0.2, -0.15) is 4.31 Å². The summed E-state index contributed by atoms with van der Waals surface area (Å²) in [6.07, 6.45) is 0.727. The van der Waals surface area contributed by atoms with E-state index < -0.39 is 16.0 Å². The molecule has 1 aromatic rings. The number of nitrogens with zero attached hydrogens (tertiary/aromatic N) is 2. The second-order valence-electron chi connectivity index (χ2n) is 5.42. The Bertz CT molecular complexity index is 622. The Morgan fingerprint density at radius 1 is 1.17 bits per heavy atom. The zero-order valence-electron chi connectivity index (χ0n) is 13.1. The first-order valence-electron chi connectivity index (χ1n) is 7.52. The standard InChI is InChI=1S/C15H22N2O5S/c1-22-13-4-6-14(7-5-13)23(20,21)17-11-9-16(10-12-17)8-2-3-15(18)19/h4-7H,2-3,8-12H2,1H3,(H,18,19). The van der Waals surface area contributed by atoms with E-state index in [4.69, 9.17) is 9.84 Å². The molecule has 1 heterocycles. The number of rotatable bonds is 7. The monoisotopic (exact) mass is 342 g/mol. The number of methoxy groups -OCH3 is 1. The summed E-state index contributed by atoms with van der Waals surface area (Å²) < 4.78 is 31.7. The highest BCUT2D eigenvalue weighted by molar-refractivity contribution is 7.89. The van der Waals surface area contributed by atoms with Gasteiger partial charge in [-0.25, -0.2) is 8.42 Å². The minimum Gasteiger partial charge on any atom is -0.497 e. The molecular formula is C15H22N2O5S. The lowest BCUT2D eigenvalue weighted by atomic mass is 10.2. The van der Waals surface area contributed by atoms with E-state index in [2.05, 4.69) is 4.90 Å². The van der Waals surface area contributed by atoms with Crippen molar-refractivity contribution >= 4 is 16.0 Å². The third-order valence-electron chi connectivity index (χ3n) is 3.89. The molecule has 0 spiro atoms. The fourth-order valence-electron chi connectivity index (χ4n) is 2.54. The second kappa shape index (κ2) is 7.76. The fraction of sp³-hybridized carbons (Fsp3) is 0.533. The molecule has 0 radical (unpaired) electrons. The highest BCUT2D eigenvalue weighted by atomic mass is 32.2. The summed E-state index contributed by atoms with van der Waals surface area (Å²) in [6.45, 7) is 2.76. The van der Waals surface area contributed by atoms with E-state index in [1.54, 1.807) is 24.3 Å². The largest absolute Gasteiger partial charge is 0.497 e. The molecule has 23 heavy (non-hydrogen) atoms. The lowest BCUT2D eigenvalue weighted by molar-refractivity contribution is -0.137. The number of piperazine rings is 1. The molecule has 7 nitrogen and oxygen atoms in total. The van der Waals surface area contributed by atoms with Crippen LogP contribution in [-0.4, -0.2) is 68.5 Å². The van der Waals surface area contributed by atoms with Crippen LogP contribution in [0.25, 0.3) is 0 Å². The van der Waals surface area contributed by atoms with E-state index in [1.165, 1.54) is 11.4 Å². The van der Waals surface area contributed by atoms with E-state index in [0.29, 0.717) is 44.9 Å². The lowest BCUT2D eigenvalue weighted by Gasteiger charge is -2.33. The van der Waals surface area contributed by atoms with Gasteiger partial charge in [-0.1, -0.05) is 0 Å². The Kier molecular flexibility index (Phi) is 5.97. The van der Waals surface area contributed by atoms with Crippen molar-refractivity contribution in [1.82, 2.24) is 9.21 Å². The molecule has 2 rings (SSSR count). The summed E-state index contributed by atoms with van der Waals surface area (Å²) in [6, 6.07) is 6.37. The molecule has 0 unspecified atom stereocenters. The Labute approximate surface area is 136 Å². The van der Waals surface area contributed by atoms with E-state index in [9.17, 15) is 13.2 Å². The van der Waals surface area contributed by atoms with Crippen LogP contribution in [0.2, 0.25) is 0 Å². The van der Waals surface area contributed by atoms with Gasteiger partial charge in [-0.15, -0.1) is 0 Å². The number of carboxylic acids is 1. The summed E-state index contributed by atoms with van der Waals surface area (Å²) in [4.78, 5) is 12.9. The van der Waals surface area contributed by atoms with Gasteiger partial charge in [-0.05, 0) is 37.2 Å². The van der Waals surface area contributed by atoms with Crippen molar-refractivity contribution in [2.24, 2.45) is 0 Å². The topological polar surface area (TPSA) is 87.2 Å². The predicted octanol–water partition coefficient (Wildman–Crippen LogP) is 0.866. The minimum absolute atomic E-state index is 0.143. The van der Waals surface area contributed by atoms with Crippen LogP contribution < -0.4 is 4.74 Å². The maximum Gasteiger partial charge on any atom is 0.303 e. The van der Waals surface area contributed by atoms with Crippen molar-refractivity contribution in [2.45, 2.75) is 17.7 Å². The number of carboxylic acid groups (broad SMARTS) is 1. The van der Waals surface area contributed by atoms with Crippen LogP contribution in [-0.2, 0) is 14.8 Å². The van der Waals surface area contributed by atoms with Crippen LogP contribution in [0.5, 0.6) is 5.75 Å². The van der Waals surface area contributed by atoms with Gasteiger partial charge in [0.15, 0.2) is 0 Å². The van der Waals surface area contributed by atoms with E-state index in [1.807, 2.05) is 0 Å². The van der Waals surface area contributed by atoms with Gasteiger partial charge < -0.3 is 14.7 Å². The quantitative estimate of drug-likeness (QED) is 0.791. The normalized spacial score (nSPS) is 17.1. The number of carbonyl (C=O) groups is 1. The zero-order valence-corrected chi connectivity index (χ0v) is 14.0. The van der Waals surface area contributed by atoms with Gasteiger partial charge in [0.2, 0.25) is 10.0 Å². The van der Waals surface area contributed by atoms with Crippen LogP contribution in [0.1, 0.15) is 12.8 Å². The Balaban J connectivity index is 1.91. The number of ether oxygens (including phenoxy) is 1. The number of benzene rings is 1. The third kappa shape index (κ3) is 4.66. The maximum absolute atomic E-state index is 12.6. The van der Waals surface area contributed by atoms with Gasteiger partial charge in [-0.3, -0.25) is 4.79 Å². The SMILES string of the molecule is COc1ccc(S(=O)(=O)N2CCN(CCCC(=O)O)CC2)cc1. The molecule has 1 aromatic carbocycles. The van der Waals surface area contributed by atoms with E-state index in [-0.39, 0.29) is 11.3 Å². The van der Waals surface area contributed by atoms with Crippen molar-refractivity contribution in [1.29, 1.82) is 0 Å². The molecule has 1 fully saturated rings. The first-order chi connectivity index (χ1) is 10.9. The molecule has 0 bridgehead atoms. The summed E-state index contributed by atoms with van der Waals surface area (Å²) in [5.41, 5.74) is 0. The minimum atomic E-state index is -3.49. The van der Waals surface area contributed by atoms with Gasteiger partial charge in [0.25, 0.3) is 0 Å². The Morgan fingerprint density at radius 3 is 2.30 bits per heavy atom. The van der Waals surface area contributed by atoms with Crippen molar-refractivity contribution in [2.75, 3.05) is 39.8 Å². The molecule has 0 amide bonds. The van der Waals surface area contributed by atoms with Crippen LogP contribution in [0.3, 0.4) is 0 Å². The molecule has 0 saturated carbocycles. The van der Waals surface area contributed by atoms with E-state index >= 15 is 0 Å². The molecule has 1 N–H and O–H groups in total. The Morgan fingerprint density at radius 2 is 1.78 bits per heavy atom. The molecule has 128 valence electrons. The number of hydrogen-bond donors (Lipinski definition) is 1. The summed E-state index contributed by atoms with van der Waals surface area (Å²) in [7, 11) is -1.95. The lowest BCUT2D eigenvalue weighted by Crippen LogP contribution is -2.48. The van der Waals surface area contributed by atoms with Gasteiger partial charge in [0, 0.05) is 32.6 Å². The average molecular weight is 342 g/mol. The van der Waals surface area contributed by atoms with Crippen molar-refractivity contribution < 1.29 is 23.1 Å². The molecule has 1 aliphatic rings. The van der Waals surface area contributed by atoms with Gasteiger partial charge in [0.1, 0.15) is 5.75 Å². The molecule has 0 aliphatic carbocycles. The summed E-state index contributed by atoms with van der Waals surface area (Å²) >= 11 is 0. The first kappa shape index (κ1) is 17.7. The molecule has 1 saturated heterocycles. The number of aliphatic carboxylic acids is 1. The third-order valence-corrected chi connectivity index (χ3v) is 5.81. The van der Waals surface area contributed by atoms with Crippen molar-refractivity contribution in [3.8, 4) is 5.75 Å². The molecule has 0 atom stereocenters. The summed E-state index contributed by atoms with van der Waals surface area (Å²) in [5.74, 6) is -0.182. The Hall–Kier alpha value is -1.64. The second-order valence-corrected chi connectivity index (χ2v) is 7.36. The fourth-order valence-corrected chi connectivity index (χ4v) is 3.97. The maximum atomic E-state index is 12.6. The van der Waals surface area contributed by atoms with Crippen LogP contribution in [0.15, 0.2) is 29.2 Å². The first-order valence-corrected chi connectivity index (χ1v) is 8.96.